The summed E-state index contributed by atoms with van der Waals surface area (Å²) < 4.78 is 9.44. The molecule has 8 aromatic rings. The maximum atomic E-state index is 7.13. The van der Waals surface area contributed by atoms with Crippen LogP contribution in [0.15, 0.2) is 128 Å². The molecule has 5 nitrogen and oxygen atoms in total. The fraction of sp³-hybridized carbons (Fsp3) is 0.328. The molecule has 338 valence electrons. The van der Waals surface area contributed by atoms with Crippen LogP contribution in [0.1, 0.15) is 122 Å². The van der Waals surface area contributed by atoms with Crippen LogP contribution in [-0.2, 0) is 21.7 Å². The molecular weight excluding hydrogens is 805 g/mol. The van der Waals surface area contributed by atoms with E-state index in [1.54, 1.807) is 0 Å². The molecule has 0 N–H and O–H groups in total. The molecule has 66 heavy (non-hydrogen) atoms. The van der Waals surface area contributed by atoms with Crippen molar-refractivity contribution in [2.45, 2.75) is 126 Å². The molecule has 6 aromatic carbocycles. The molecule has 5 heteroatoms. The van der Waals surface area contributed by atoms with Gasteiger partial charge in [-0.2, -0.15) is 0 Å². The average molecular weight is 873 g/mol. The zero-order valence-corrected chi connectivity index (χ0v) is 42.0. The van der Waals surface area contributed by atoms with Crippen molar-refractivity contribution in [2.24, 2.45) is 0 Å². The summed E-state index contributed by atoms with van der Waals surface area (Å²) in [5.74, 6) is 2.46. The van der Waals surface area contributed by atoms with Crippen LogP contribution >= 0.6 is 0 Å². The molecule has 1 aliphatic heterocycles. The lowest BCUT2D eigenvalue weighted by molar-refractivity contribution is 0.483. The van der Waals surface area contributed by atoms with Crippen molar-refractivity contribution in [3.8, 4) is 28.4 Å². The van der Waals surface area contributed by atoms with Crippen LogP contribution in [0.2, 0.25) is 0 Å². The lowest BCUT2D eigenvalue weighted by atomic mass is 9.80. The normalized spacial score (nSPS) is 13.6. The highest BCUT2D eigenvalue weighted by atomic mass is 16.5. The Balaban J connectivity index is 1.20. The number of hydrogen-bond donors (Lipinski definition) is 0. The summed E-state index contributed by atoms with van der Waals surface area (Å²) in [4.78, 5) is 9.93. The van der Waals surface area contributed by atoms with Gasteiger partial charge in [0.15, 0.2) is 0 Å². The summed E-state index contributed by atoms with van der Waals surface area (Å²) in [6, 6.07) is 45.2. The number of pyridine rings is 1. The van der Waals surface area contributed by atoms with E-state index < -0.39 is 0 Å². The summed E-state index contributed by atoms with van der Waals surface area (Å²) in [5, 5.41) is 2.38. The molecule has 0 saturated heterocycles. The molecular formula is C61H68N4O. The first kappa shape index (κ1) is 44.9. The van der Waals surface area contributed by atoms with Crippen LogP contribution in [-0.4, -0.2) is 16.2 Å². The van der Waals surface area contributed by atoms with Gasteiger partial charge in [-0.1, -0.05) is 125 Å². The maximum absolute atomic E-state index is 7.13. The van der Waals surface area contributed by atoms with Crippen molar-refractivity contribution in [3.63, 3.8) is 0 Å². The van der Waals surface area contributed by atoms with Crippen molar-refractivity contribution in [3.05, 3.63) is 166 Å². The van der Waals surface area contributed by atoms with Crippen LogP contribution in [0.25, 0.3) is 38.8 Å². The number of anilines is 4. The highest BCUT2D eigenvalue weighted by Crippen LogP contribution is 2.48. The van der Waals surface area contributed by atoms with E-state index in [1.165, 1.54) is 72.3 Å². The van der Waals surface area contributed by atoms with Crippen LogP contribution in [0.3, 0.4) is 0 Å². The van der Waals surface area contributed by atoms with Gasteiger partial charge < -0.3 is 14.5 Å². The number of para-hydroxylation sites is 2. The minimum Gasteiger partial charge on any atom is -0.457 e. The Morgan fingerprint density at radius 2 is 1.05 bits per heavy atom. The van der Waals surface area contributed by atoms with Gasteiger partial charge in [-0.25, -0.2) is 4.98 Å². The third-order valence-electron chi connectivity index (χ3n) is 13.6. The molecule has 0 radical (unpaired) electrons. The predicted molar refractivity (Wildman–Crippen MR) is 282 cm³/mol. The fourth-order valence-corrected chi connectivity index (χ4v) is 9.79. The number of nitrogens with zero attached hydrogens (tertiary/aromatic N) is 4. The van der Waals surface area contributed by atoms with Gasteiger partial charge in [0.2, 0.25) is 0 Å². The number of benzene rings is 6. The fourth-order valence-electron chi connectivity index (χ4n) is 9.79. The molecule has 0 bridgehead atoms. The van der Waals surface area contributed by atoms with Crippen molar-refractivity contribution < 1.29 is 4.74 Å². The first-order valence-electron chi connectivity index (χ1n) is 23.7. The second-order valence-corrected chi connectivity index (χ2v) is 23.0. The van der Waals surface area contributed by atoms with Crippen molar-refractivity contribution >= 4 is 44.6 Å². The summed E-state index contributed by atoms with van der Waals surface area (Å²) in [6.45, 7) is 34.8. The monoisotopic (exact) mass is 873 g/mol. The Hall–Kier alpha value is -6.33. The third-order valence-corrected chi connectivity index (χ3v) is 13.6. The number of rotatable bonds is 6. The zero-order chi connectivity index (χ0) is 47.2. The molecule has 1 aliphatic rings. The molecule has 0 unspecified atom stereocenters. The van der Waals surface area contributed by atoms with E-state index in [1.807, 2.05) is 6.20 Å². The zero-order valence-electron chi connectivity index (χ0n) is 42.0. The molecule has 0 atom stereocenters. The summed E-state index contributed by atoms with van der Waals surface area (Å²) in [6.07, 6.45) is 1.95. The standard InChI is InChI=1S/C61H68N4O/c1-38-26-39(2)57(40(3)27-38)41-28-46(63-37-64(54-19-17-16-18-53(54)63)47-31-44(60(10,11)12)30-45(32-47)61(13,14)15)35-49(29-41)66-48-21-22-50-51-33-42(58(4,5)6)20-23-52(51)65(55(50)36-48)56-34-43(24-25-62-56)59(7,8)9/h16-36H,37H2,1-15H3. The molecule has 0 amide bonds. The van der Waals surface area contributed by atoms with E-state index in [0.717, 1.165) is 39.6 Å². The molecule has 2 aromatic heterocycles. The van der Waals surface area contributed by atoms with Gasteiger partial charge in [-0.05, 0) is 160 Å². The van der Waals surface area contributed by atoms with Crippen molar-refractivity contribution in [1.82, 2.24) is 9.55 Å². The summed E-state index contributed by atoms with van der Waals surface area (Å²) >= 11 is 0. The van der Waals surface area contributed by atoms with Crippen LogP contribution in [0.4, 0.5) is 22.7 Å². The Bertz CT molecular complexity index is 3120. The predicted octanol–water partition coefficient (Wildman–Crippen LogP) is 17.0. The van der Waals surface area contributed by atoms with Gasteiger partial charge in [-0.15, -0.1) is 0 Å². The minimum atomic E-state index is -0.0281. The van der Waals surface area contributed by atoms with Crippen LogP contribution in [0.5, 0.6) is 11.5 Å². The number of aromatic nitrogens is 2. The molecule has 0 aliphatic carbocycles. The van der Waals surface area contributed by atoms with E-state index in [2.05, 4.69) is 240 Å². The highest BCUT2D eigenvalue weighted by Gasteiger charge is 2.31. The molecule has 3 heterocycles. The van der Waals surface area contributed by atoms with Crippen LogP contribution < -0.4 is 14.5 Å². The summed E-state index contributed by atoms with van der Waals surface area (Å²) in [7, 11) is 0. The number of hydrogen-bond acceptors (Lipinski definition) is 4. The van der Waals surface area contributed by atoms with Gasteiger partial charge in [0, 0.05) is 40.5 Å². The number of fused-ring (bicyclic) bond motifs is 4. The first-order chi connectivity index (χ1) is 30.9. The minimum absolute atomic E-state index is 0.00100. The topological polar surface area (TPSA) is 33.5 Å². The molecule has 9 rings (SSSR count). The second-order valence-electron chi connectivity index (χ2n) is 23.0. The van der Waals surface area contributed by atoms with E-state index in [0.29, 0.717) is 6.67 Å². The van der Waals surface area contributed by atoms with Crippen molar-refractivity contribution in [2.75, 3.05) is 16.5 Å². The van der Waals surface area contributed by atoms with E-state index in [4.69, 9.17) is 9.72 Å². The van der Waals surface area contributed by atoms with E-state index in [-0.39, 0.29) is 21.7 Å². The highest BCUT2D eigenvalue weighted by molar-refractivity contribution is 6.10. The molecule has 0 fully saturated rings. The average Bonchev–Trinajstić information content (AvgIpc) is 3.78. The van der Waals surface area contributed by atoms with E-state index in [9.17, 15) is 0 Å². The Labute approximate surface area is 394 Å². The lowest BCUT2D eigenvalue weighted by Gasteiger charge is -2.29. The molecule has 0 spiro atoms. The SMILES string of the molecule is Cc1cc(C)c(-c2cc(Oc3ccc4c5cc(C(C)(C)C)ccc5n(-c5cc(C(C)(C)C)ccn5)c4c3)cc(N3CN(c4cc(C(C)(C)C)cc(C(C)(C)C)c4)c4ccccc43)c2)c(C)c1. The van der Waals surface area contributed by atoms with Crippen molar-refractivity contribution in [1.29, 1.82) is 0 Å². The second kappa shape index (κ2) is 15.9. The van der Waals surface area contributed by atoms with Gasteiger partial charge in [0.25, 0.3) is 0 Å². The maximum Gasteiger partial charge on any atom is 0.137 e. The quantitative estimate of drug-likeness (QED) is 0.167. The van der Waals surface area contributed by atoms with Gasteiger partial charge in [-0.3, -0.25) is 4.57 Å². The number of ether oxygens (including phenoxy) is 1. The Morgan fingerprint density at radius 3 is 1.64 bits per heavy atom. The largest absolute Gasteiger partial charge is 0.457 e. The van der Waals surface area contributed by atoms with Crippen LogP contribution in [0, 0.1) is 20.8 Å². The van der Waals surface area contributed by atoms with Gasteiger partial charge in [0.1, 0.15) is 24.0 Å². The lowest BCUT2D eigenvalue weighted by Crippen LogP contribution is -2.25. The summed E-state index contributed by atoms with van der Waals surface area (Å²) in [5.41, 5.74) is 18.2. The van der Waals surface area contributed by atoms with Gasteiger partial charge in [0.05, 0.1) is 22.4 Å². The van der Waals surface area contributed by atoms with Gasteiger partial charge >= 0.3 is 0 Å². The number of aryl methyl sites for hydroxylation is 3. The Kier molecular flexibility index (Phi) is 10.8. The smallest absolute Gasteiger partial charge is 0.137 e. The first-order valence-corrected chi connectivity index (χ1v) is 23.7. The third kappa shape index (κ3) is 8.38. The van der Waals surface area contributed by atoms with E-state index >= 15 is 0 Å². The molecule has 0 saturated carbocycles. The Morgan fingerprint density at radius 1 is 0.470 bits per heavy atom.